The zero-order valence-corrected chi connectivity index (χ0v) is 13.9. The monoisotopic (exact) mass is 315 g/mol. The van der Waals surface area contributed by atoms with Crippen LogP contribution in [0.15, 0.2) is 53.4 Å². The Morgan fingerprint density at radius 2 is 1.68 bits per heavy atom. The number of ether oxygens (including phenoxy) is 1. The van der Waals surface area contributed by atoms with Crippen LogP contribution in [0, 0.1) is 0 Å². The van der Waals surface area contributed by atoms with Gasteiger partial charge in [0.15, 0.2) is 6.10 Å². The van der Waals surface area contributed by atoms with Gasteiger partial charge in [0.1, 0.15) is 5.75 Å². The number of hydrogen-bond acceptors (Lipinski definition) is 3. The minimum atomic E-state index is -0.590. The summed E-state index contributed by atoms with van der Waals surface area (Å²) < 4.78 is 5.84. The molecule has 22 heavy (non-hydrogen) atoms. The number of hydrogen-bond donors (Lipinski definition) is 2. The molecular weight excluding hydrogens is 294 g/mol. The van der Waals surface area contributed by atoms with E-state index in [1.807, 2.05) is 48.5 Å². The van der Waals surface area contributed by atoms with Gasteiger partial charge in [-0.15, -0.1) is 12.6 Å². The summed E-state index contributed by atoms with van der Waals surface area (Å²) in [7, 11) is 0. The number of para-hydroxylation sites is 2. The van der Waals surface area contributed by atoms with Crippen molar-refractivity contribution in [2.24, 2.45) is 0 Å². The predicted octanol–water partition coefficient (Wildman–Crippen LogP) is 4.50. The van der Waals surface area contributed by atoms with E-state index < -0.39 is 6.10 Å². The highest BCUT2D eigenvalue weighted by atomic mass is 32.1. The summed E-state index contributed by atoms with van der Waals surface area (Å²) in [6.45, 7) is 5.95. The standard InChI is InChI=1S/C18H21NO2S/c1-12(2)14-8-4-6-10-16(14)21-13(3)18(20)19-15-9-5-7-11-17(15)22/h4-13,22H,1-3H3,(H,19,20). The van der Waals surface area contributed by atoms with Crippen LogP contribution in [0.3, 0.4) is 0 Å². The van der Waals surface area contributed by atoms with Crippen LogP contribution in [-0.4, -0.2) is 12.0 Å². The minimum Gasteiger partial charge on any atom is -0.481 e. The van der Waals surface area contributed by atoms with Gasteiger partial charge in [0.2, 0.25) is 0 Å². The van der Waals surface area contributed by atoms with Crippen molar-refractivity contribution >= 4 is 24.2 Å². The first-order valence-electron chi connectivity index (χ1n) is 7.33. The Balaban J connectivity index is 2.08. The molecule has 0 aliphatic carbocycles. The van der Waals surface area contributed by atoms with E-state index in [0.717, 1.165) is 16.2 Å². The van der Waals surface area contributed by atoms with Crippen LogP contribution in [0.25, 0.3) is 0 Å². The number of rotatable bonds is 5. The minimum absolute atomic E-state index is 0.194. The molecule has 0 heterocycles. The number of carbonyl (C=O) groups excluding carboxylic acids is 1. The second kappa shape index (κ2) is 7.36. The van der Waals surface area contributed by atoms with Gasteiger partial charge in [-0.05, 0) is 36.6 Å². The molecule has 1 N–H and O–H groups in total. The Hall–Kier alpha value is -1.94. The van der Waals surface area contributed by atoms with Gasteiger partial charge in [-0.25, -0.2) is 0 Å². The maximum atomic E-state index is 12.3. The van der Waals surface area contributed by atoms with Crippen molar-refractivity contribution in [2.45, 2.75) is 37.7 Å². The number of amides is 1. The number of anilines is 1. The van der Waals surface area contributed by atoms with Crippen LogP contribution in [0.2, 0.25) is 0 Å². The summed E-state index contributed by atoms with van der Waals surface area (Å²) in [5, 5.41) is 2.84. The maximum absolute atomic E-state index is 12.3. The topological polar surface area (TPSA) is 38.3 Å². The molecule has 0 aliphatic rings. The molecule has 2 aromatic carbocycles. The van der Waals surface area contributed by atoms with Gasteiger partial charge in [-0.2, -0.15) is 0 Å². The molecule has 1 amide bonds. The Morgan fingerprint density at radius 1 is 1.05 bits per heavy atom. The van der Waals surface area contributed by atoms with Crippen LogP contribution in [0.4, 0.5) is 5.69 Å². The van der Waals surface area contributed by atoms with Gasteiger partial charge in [0.05, 0.1) is 5.69 Å². The van der Waals surface area contributed by atoms with Crippen LogP contribution < -0.4 is 10.1 Å². The Bertz CT molecular complexity index is 655. The van der Waals surface area contributed by atoms with Gasteiger partial charge >= 0.3 is 0 Å². The highest BCUT2D eigenvalue weighted by Gasteiger charge is 2.17. The molecule has 0 fully saturated rings. The summed E-state index contributed by atoms with van der Waals surface area (Å²) >= 11 is 4.33. The second-order valence-corrected chi connectivity index (χ2v) is 5.94. The molecule has 2 rings (SSSR count). The van der Waals surface area contributed by atoms with E-state index in [9.17, 15) is 4.79 Å². The smallest absolute Gasteiger partial charge is 0.265 e. The molecule has 1 unspecified atom stereocenters. The molecule has 0 saturated heterocycles. The Morgan fingerprint density at radius 3 is 2.36 bits per heavy atom. The van der Waals surface area contributed by atoms with Gasteiger partial charge in [-0.3, -0.25) is 4.79 Å². The van der Waals surface area contributed by atoms with Gasteiger partial charge in [0, 0.05) is 4.90 Å². The molecule has 1 atom stereocenters. The highest BCUT2D eigenvalue weighted by molar-refractivity contribution is 7.80. The van der Waals surface area contributed by atoms with E-state index in [0.29, 0.717) is 11.6 Å². The van der Waals surface area contributed by atoms with E-state index in [4.69, 9.17) is 4.74 Å². The Kier molecular flexibility index (Phi) is 5.50. The van der Waals surface area contributed by atoms with E-state index in [1.165, 1.54) is 0 Å². The third-order valence-electron chi connectivity index (χ3n) is 3.38. The van der Waals surface area contributed by atoms with Gasteiger partial charge < -0.3 is 10.1 Å². The fraction of sp³-hybridized carbons (Fsp3) is 0.278. The molecule has 0 saturated carbocycles. The van der Waals surface area contributed by atoms with Gasteiger partial charge in [0.25, 0.3) is 5.91 Å². The first-order valence-corrected chi connectivity index (χ1v) is 7.78. The average molecular weight is 315 g/mol. The van der Waals surface area contributed by atoms with Crippen LogP contribution in [0.1, 0.15) is 32.3 Å². The summed E-state index contributed by atoms with van der Waals surface area (Å²) in [6.07, 6.45) is -0.590. The van der Waals surface area contributed by atoms with Crippen molar-refractivity contribution in [2.75, 3.05) is 5.32 Å². The molecule has 116 valence electrons. The van der Waals surface area contributed by atoms with Gasteiger partial charge in [-0.1, -0.05) is 44.2 Å². The lowest BCUT2D eigenvalue weighted by Crippen LogP contribution is -2.30. The van der Waals surface area contributed by atoms with Crippen molar-refractivity contribution in [3.05, 3.63) is 54.1 Å². The summed E-state index contributed by atoms with van der Waals surface area (Å²) in [5.41, 5.74) is 1.78. The molecule has 0 aliphatic heterocycles. The first-order chi connectivity index (χ1) is 10.5. The van der Waals surface area contributed by atoms with Crippen LogP contribution in [-0.2, 0) is 4.79 Å². The summed E-state index contributed by atoms with van der Waals surface area (Å²) in [4.78, 5) is 13.0. The third-order valence-corrected chi connectivity index (χ3v) is 3.77. The number of benzene rings is 2. The molecule has 0 aromatic heterocycles. The van der Waals surface area contributed by atoms with E-state index in [-0.39, 0.29) is 5.91 Å². The maximum Gasteiger partial charge on any atom is 0.265 e. The quantitative estimate of drug-likeness (QED) is 0.797. The number of carbonyl (C=O) groups is 1. The molecule has 3 nitrogen and oxygen atoms in total. The van der Waals surface area contributed by atoms with Crippen LogP contribution in [0.5, 0.6) is 5.75 Å². The Labute approximate surface area is 137 Å². The van der Waals surface area contributed by atoms with Crippen molar-refractivity contribution in [1.29, 1.82) is 0 Å². The predicted molar refractivity (Wildman–Crippen MR) is 92.9 cm³/mol. The van der Waals surface area contributed by atoms with Crippen LogP contribution >= 0.6 is 12.6 Å². The van der Waals surface area contributed by atoms with E-state index >= 15 is 0 Å². The third kappa shape index (κ3) is 4.04. The lowest BCUT2D eigenvalue weighted by Gasteiger charge is -2.19. The zero-order chi connectivity index (χ0) is 16.1. The molecule has 2 aromatic rings. The second-order valence-electron chi connectivity index (χ2n) is 5.46. The normalized spacial score (nSPS) is 12.0. The fourth-order valence-corrected chi connectivity index (χ4v) is 2.34. The number of nitrogens with one attached hydrogen (secondary N) is 1. The molecular formula is C18H21NO2S. The average Bonchev–Trinajstić information content (AvgIpc) is 2.49. The SMILES string of the molecule is CC(Oc1ccccc1C(C)C)C(=O)Nc1ccccc1S. The first kappa shape index (κ1) is 16.4. The molecule has 0 radical (unpaired) electrons. The number of thiol groups is 1. The molecule has 0 bridgehead atoms. The van der Waals surface area contributed by atoms with E-state index in [2.05, 4.69) is 31.8 Å². The van der Waals surface area contributed by atoms with Crippen molar-refractivity contribution in [3.63, 3.8) is 0 Å². The van der Waals surface area contributed by atoms with Crippen molar-refractivity contribution < 1.29 is 9.53 Å². The summed E-state index contributed by atoms with van der Waals surface area (Å²) in [5.74, 6) is 0.893. The fourth-order valence-electron chi connectivity index (χ4n) is 2.12. The van der Waals surface area contributed by atoms with Crippen molar-refractivity contribution in [3.8, 4) is 5.75 Å². The van der Waals surface area contributed by atoms with Crippen molar-refractivity contribution in [1.82, 2.24) is 0 Å². The molecule has 4 heteroatoms. The molecule has 0 spiro atoms. The lowest BCUT2D eigenvalue weighted by atomic mass is 10.0. The van der Waals surface area contributed by atoms with E-state index in [1.54, 1.807) is 6.92 Å². The largest absolute Gasteiger partial charge is 0.481 e. The highest BCUT2D eigenvalue weighted by Crippen LogP contribution is 2.27. The lowest BCUT2D eigenvalue weighted by molar-refractivity contribution is -0.122. The summed E-state index contributed by atoms with van der Waals surface area (Å²) in [6, 6.07) is 15.2. The zero-order valence-electron chi connectivity index (χ0n) is 13.0.